The molecule has 0 aliphatic carbocycles. The number of furan rings is 1. The van der Waals surface area contributed by atoms with Gasteiger partial charge in [-0.2, -0.15) is 5.26 Å². The van der Waals surface area contributed by atoms with Crippen molar-refractivity contribution in [2.45, 2.75) is 6.92 Å². The number of anilines is 1. The van der Waals surface area contributed by atoms with Gasteiger partial charge in [0.1, 0.15) is 29.0 Å². The Labute approximate surface area is 164 Å². The fourth-order valence-electron chi connectivity index (χ4n) is 2.42. The Morgan fingerprint density at radius 3 is 2.59 bits per heavy atom. The maximum absolute atomic E-state index is 12.9. The van der Waals surface area contributed by atoms with Crippen LogP contribution in [0.15, 0.2) is 69.1 Å². The minimum absolute atomic E-state index is 0.122. The van der Waals surface area contributed by atoms with Gasteiger partial charge in [0, 0.05) is 21.8 Å². The molecule has 1 heterocycles. The number of halogens is 2. The minimum atomic E-state index is -0.599. The molecule has 27 heavy (non-hydrogen) atoms. The molecule has 4 nitrogen and oxygen atoms in total. The molecule has 0 unspecified atom stereocenters. The minimum Gasteiger partial charge on any atom is -0.457 e. The molecule has 3 aromatic rings. The highest BCUT2D eigenvalue weighted by Gasteiger charge is 2.12. The Hall–Kier alpha value is -3.17. The number of hydrogen-bond donors (Lipinski definition) is 1. The van der Waals surface area contributed by atoms with E-state index in [0.717, 1.165) is 15.6 Å². The summed E-state index contributed by atoms with van der Waals surface area (Å²) in [4.78, 5) is 12.3. The lowest BCUT2D eigenvalue weighted by atomic mass is 10.1. The van der Waals surface area contributed by atoms with Crippen LogP contribution in [0.4, 0.5) is 10.1 Å². The third-order valence-corrected chi connectivity index (χ3v) is 4.43. The molecule has 0 fully saturated rings. The number of hydrogen-bond acceptors (Lipinski definition) is 3. The number of rotatable bonds is 4. The molecule has 0 saturated heterocycles. The van der Waals surface area contributed by atoms with Crippen LogP contribution in [-0.2, 0) is 4.79 Å². The van der Waals surface area contributed by atoms with Gasteiger partial charge in [-0.3, -0.25) is 4.79 Å². The molecule has 1 amide bonds. The van der Waals surface area contributed by atoms with Crippen LogP contribution >= 0.6 is 15.9 Å². The highest BCUT2D eigenvalue weighted by atomic mass is 79.9. The van der Waals surface area contributed by atoms with Crippen LogP contribution in [0.2, 0.25) is 0 Å². The van der Waals surface area contributed by atoms with Gasteiger partial charge in [-0.25, -0.2) is 4.39 Å². The summed E-state index contributed by atoms with van der Waals surface area (Å²) in [5, 5.41) is 11.8. The van der Waals surface area contributed by atoms with E-state index >= 15 is 0 Å². The van der Waals surface area contributed by atoms with Crippen molar-refractivity contribution in [1.82, 2.24) is 0 Å². The van der Waals surface area contributed by atoms with E-state index in [9.17, 15) is 14.4 Å². The molecule has 0 bridgehead atoms. The number of aryl methyl sites for hydroxylation is 1. The molecular weight excluding hydrogens is 411 g/mol. The monoisotopic (exact) mass is 424 g/mol. The molecule has 2 aromatic carbocycles. The van der Waals surface area contributed by atoms with E-state index in [1.165, 1.54) is 30.3 Å². The SMILES string of the molecule is Cc1ccc(-c2ccc(/C=C(/C#N)C(=O)Nc3ccc(F)cc3)o2)c(Br)c1. The molecular formula is C21H14BrFN2O2. The first-order valence-corrected chi connectivity index (χ1v) is 8.80. The van der Waals surface area contributed by atoms with Gasteiger partial charge >= 0.3 is 0 Å². The van der Waals surface area contributed by atoms with Crippen molar-refractivity contribution in [1.29, 1.82) is 5.26 Å². The van der Waals surface area contributed by atoms with Crippen molar-refractivity contribution in [3.05, 3.63) is 81.8 Å². The topological polar surface area (TPSA) is 66.0 Å². The standard InChI is InChI=1S/C21H14BrFN2O2/c1-13-2-8-18(19(22)10-13)20-9-7-17(27-20)11-14(12-24)21(26)25-16-5-3-15(23)4-6-16/h2-11H,1H3,(H,25,26)/b14-11-. The fourth-order valence-corrected chi connectivity index (χ4v) is 3.11. The van der Waals surface area contributed by atoms with Gasteiger partial charge in [-0.15, -0.1) is 0 Å². The van der Waals surface area contributed by atoms with Crippen molar-refractivity contribution in [3.63, 3.8) is 0 Å². The zero-order chi connectivity index (χ0) is 19.4. The van der Waals surface area contributed by atoms with Gasteiger partial charge in [0.2, 0.25) is 0 Å². The predicted molar refractivity (Wildman–Crippen MR) is 105 cm³/mol. The Morgan fingerprint density at radius 1 is 1.19 bits per heavy atom. The van der Waals surface area contributed by atoms with Crippen LogP contribution in [0.3, 0.4) is 0 Å². The second-order valence-electron chi connectivity index (χ2n) is 5.82. The van der Waals surface area contributed by atoms with E-state index in [0.29, 0.717) is 17.2 Å². The van der Waals surface area contributed by atoms with E-state index in [2.05, 4.69) is 21.2 Å². The first-order valence-electron chi connectivity index (χ1n) is 8.01. The maximum Gasteiger partial charge on any atom is 0.266 e. The maximum atomic E-state index is 12.9. The predicted octanol–water partition coefficient (Wildman–Crippen LogP) is 5.70. The van der Waals surface area contributed by atoms with Crippen molar-refractivity contribution in [3.8, 4) is 17.4 Å². The number of amides is 1. The molecule has 0 spiro atoms. The molecule has 6 heteroatoms. The molecule has 1 aromatic heterocycles. The number of nitrogens with zero attached hydrogens (tertiary/aromatic N) is 1. The first-order chi connectivity index (χ1) is 13.0. The van der Waals surface area contributed by atoms with Crippen molar-refractivity contribution < 1.29 is 13.6 Å². The summed E-state index contributed by atoms with van der Waals surface area (Å²) in [5.41, 5.74) is 2.26. The van der Waals surface area contributed by atoms with Gasteiger partial charge in [0.25, 0.3) is 5.91 Å². The Balaban J connectivity index is 1.82. The van der Waals surface area contributed by atoms with Crippen LogP contribution in [-0.4, -0.2) is 5.91 Å². The van der Waals surface area contributed by atoms with Gasteiger partial charge in [-0.1, -0.05) is 22.0 Å². The summed E-state index contributed by atoms with van der Waals surface area (Å²) in [6.07, 6.45) is 1.37. The zero-order valence-electron chi connectivity index (χ0n) is 14.3. The summed E-state index contributed by atoms with van der Waals surface area (Å²) < 4.78 is 19.6. The summed E-state index contributed by atoms with van der Waals surface area (Å²) in [6, 6.07) is 16.5. The number of carbonyl (C=O) groups excluding carboxylic acids is 1. The van der Waals surface area contributed by atoms with Gasteiger partial charge in [0.15, 0.2) is 0 Å². The van der Waals surface area contributed by atoms with Crippen LogP contribution < -0.4 is 5.32 Å². The van der Waals surface area contributed by atoms with Gasteiger partial charge < -0.3 is 9.73 Å². The molecule has 0 aliphatic rings. The number of carbonyl (C=O) groups is 1. The third-order valence-electron chi connectivity index (χ3n) is 3.77. The quantitative estimate of drug-likeness (QED) is 0.431. The molecule has 1 N–H and O–H groups in total. The molecule has 3 rings (SSSR count). The molecule has 134 valence electrons. The highest BCUT2D eigenvalue weighted by Crippen LogP contribution is 2.31. The van der Waals surface area contributed by atoms with Crippen LogP contribution in [0.25, 0.3) is 17.4 Å². The normalized spacial score (nSPS) is 11.1. The van der Waals surface area contributed by atoms with E-state index in [1.54, 1.807) is 12.1 Å². The first kappa shape index (κ1) is 18.6. The van der Waals surface area contributed by atoms with Gasteiger partial charge in [0.05, 0.1) is 0 Å². The number of nitrogens with one attached hydrogen (secondary N) is 1. The number of benzene rings is 2. The van der Waals surface area contributed by atoms with Crippen molar-refractivity contribution in [2.24, 2.45) is 0 Å². The van der Waals surface area contributed by atoms with Crippen LogP contribution in [0.1, 0.15) is 11.3 Å². The van der Waals surface area contributed by atoms with E-state index < -0.39 is 11.7 Å². The Bertz CT molecular complexity index is 1060. The van der Waals surface area contributed by atoms with E-state index in [-0.39, 0.29) is 5.57 Å². The van der Waals surface area contributed by atoms with Crippen LogP contribution in [0, 0.1) is 24.1 Å². The summed E-state index contributed by atoms with van der Waals surface area (Å²) in [5.74, 6) is -0.0133. The molecule has 0 atom stereocenters. The van der Waals surface area contributed by atoms with Gasteiger partial charge in [-0.05, 0) is 61.0 Å². The number of nitriles is 1. The van der Waals surface area contributed by atoms with Crippen molar-refractivity contribution in [2.75, 3.05) is 5.32 Å². The fraction of sp³-hybridized carbons (Fsp3) is 0.0476. The zero-order valence-corrected chi connectivity index (χ0v) is 15.9. The largest absolute Gasteiger partial charge is 0.457 e. The van der Waals surface area contributed by atoms with E-state index in [1.807, 2.05) is 31.2 Å². The summed E-state index contributed by atoms with van der Waals surface area (Å²) >= 11 is 3.50. The summed E-state index contributed by atoms with van der Waals surface area (Å²) in [7, 11) is 0. The van der Waals surface area contributed by atoms with Crippen LogP contribution in [0.5, 0.6) is 0 Å². The second kappa shape index (κ2) is 8.02. The van der Waals surface area contributed by atoms with E-state index in [4.69, 9.17) is 4.42 Å². The Morgan fingerprint density at radius 2 is 1.93 bits per heavy atom. The lowest BCUT2D eigenvalue weighted by Crippen LogP contribution is -2.13. The molecule has 0 aliphatic heterocycles. The average Bonchev–Trinajstić information content (AvgIpc) is 3.09. The molecule has 0 saturated carbocycles. The lowest BCUT2D eigenvalue weighted by Gasteiger charge is -2.04. The third kappa shape index (κ3) is 4.52. The highest BCUT2D eigenvalue weighted by molar-refractivity contribution is 9.10. The van der Waals surface area contributed by atoms with Crippen molar-refractivity contribution >= 4 is 33.6 Å². The second-order valence-corrected chi connectivity index (χ2v) is 6.67. The lowest BCUT2D eigenvalue weighted by molar-refractivity contribution is -0.112. The average molecular weight is 425 g/mol. The summed E-state index contributed by atoms with van der Waals surface area (Å²) in [6.45, 7) is 1.99. The smallest absolute Gasteiger partial charge is 0.266 e. The molecule has 0 radical (unpaired) electrons. The Kier molecular flexibility index (Phi) is 5.53.